The fourth-order valence-electron chi connectivity index (χ4n) is 2.40. The average Bonchev–Trinajstić information content (AvgIpc) is 3.30. The summed E-state index contributed by atoms with van der Waals surface area (Å²) in [6, 6.07) is 3.16. The maximum Gasteiger partial charge on any atom is 0.263 e. The van der Waals surface area contributed by atoms with Gasteiger partial charge in [-0.15, -0.1) is 10.2 Å². The maximum absolute atomic E-state index is 13.6. The van der Waals surface area contributed by atoms with E-state index >= 15 is 0 Å². The van der Waals surface area contributed by atoms with Crippen LogP contribution in [0.2, 0.25) is 0 Å². The lowest BCUT2D eigenvalue weighted by atomic mass is 10.2. The lowest BCUT2D eigenvalue weighted by Gasteiger charge is -2.09. The van der Waals surface area contributed by atoms with Gasteiger partial charge in [0.15, 0.2) is 4.34 Å². The smallest absolute Gasteiger partial charge is 0.263 e. The Morgan fingerprint density at radius 2 is 2.07 bits per heavy atom. The van der Waals surface area contributed by atoms with Crippen LogP contribution in [0.25, 0.3) is 0 Å². The molecule has 2 N–H and O–H groups in total. The van der Waals surface area contributed by atoms with Gasteiger partial charge in [0.1, 0.15) is 17.2 Å². The number of nitrogens with one attached hydrogen (secondary N) is 2. The predicted molar refractivity (Wildman–Crippen MR) is 96.9 cm³/mol. The predicted octanol–water partition coefficient (Wildman–Crippen LogP) is 2.46. The molecule has 1 saturated heterocycles. The number of carbonyl (C=O) groups excluding carboxylic acids is 2. The van der Waals surface area contributed by atoms with Crippen LogP contribution < -0.4 is 10.6 Å². The lowest BCUT2D eigenvalue weighted by Crippen LogP contribution is -2.32. The van der Waals surface area contributed by atoms with E-state index in [1.807, 2.05) is 0 Å². The topological polar surface area (TPSA) is 93.2 Å². The SMILES string of the molecule is O=C(CSc1nnc(NC(=O)c2c(F)cccc2F)s1)NC[C@H]1CCCO1. The first-order valence-electron chi connectivity index (χ1n) is 8.13. The van der Waals surface area contributed by atoms with Crippen LogP contribution in [0.3, 0.4) is 0 Å². The summed E-state index contributed by atoms with van der Waals surface area (Å²) in [6.07, 6.45) is 2.02. The number of halogens is 2. The van der Waals surface area contributed by atoms with Gasteiger partial charge in [-0.3, -0.25) is 14.9 Å². The Hall–Kier alpha value is -2.11. The molecule has 0 aliphatic carbocycles. The Balaban J connectivity index is 1.48. The highest BCUT2D eigenvalue weighted by molar-refractivity contribution is 8.01. The lowest BCUT2D eigenvalue weighted by molar-refractivity contribution is -0.119. The minimum Gasteiger partial charge on any atom is -0.376 e. The van der Waals surface area contributed by atoms with Crippen molar-refractivity contribution >= 4 is 40.0 Å². The van der Waals surface area contributed by atoms with Crippen LogP contribution in [0.1, 0.15) is 23.2 Å². The van der Waals surface area contributed by atoms with Crippen molar-refractivity contribution in [1.82, 2.24) is 15.5 Å². The molecule has 3 rings (SSSR count). The molecule has 0 saturated carbocycles. The van der Waals surface area contributed by atoms with Crippen molar-refractivity contribution in [2.75, 3.05) is 24.2 Å². The first kappa shape index (κ1) is 19.6. The number of hydrogen-bond acceptors (Lipinski definition) is 7. The number of benzene rings is 1. The van der Waals surface area contributed by atoms with Crippen molar-refractivity contribution in [2.45, 2.75) is 23.3 Å². The normalized spacial score (nSPS) is 16.3. The second-order valence-electron chi connectivity index (χ2n) is 5.65. The molecule has 2 amide bonds. The van der Waals surface area contributed by atoms with Gasteiger partial charge in [0, 0.05) is 13.2 Å². The monoisotopic (exact) mass is 414 g/mol. The third-order valence-corrected chi connectivity index (χ3v) is 5.67. The van der Waals surface area contributed by atoms with Crippen molar-refractivity contribution in [3.05, 3.63) is 35.4 Å². The van der Waals surface area contributed by atoms with Gasteiger partial charge in [-0.05, 0) is 25.0 Å². The van der Waals surface area contributed by atoms with Crippen LogP contribution in [0.15, 0.2) is 22.5 Å². The summed E-state index contributed by atoms with van der Waals surface area (Å²) in [5.41, 5.74) is -0.685. The summed E-state index contributed by atoms with van der Waals surface area (Å²) in [5, 5.41) is 12.8. The molecule has 1 aliphatic heterocycles. The van der Waals surface area contributed by atoms with Crippen molar-refractivity contribution in [2.24, 2.45) is 0 Å². The molecule has 0 bridgehead atoms. The zero-order chi connectivity index (χ0) is 19.2. The van der Waals surface area contributed by atoms with E-state index in [0.717, 1.165) is 54.7 Å². The van der Waals surface area contributed by atoms with E-state index in [1.165, 1.54) is 6.07 Å². The van der Waals surface area contributed by atoms with E-state index in [1.54, 1.807) is 0 Å². The van der Waals surface area contributed by atoms with Crippen LogP contribution >= 0.6 is 23.1 Å². The molecular formula is C16H16F2N4O3S2. The third-order valence-electron chi connectivity index (χ3n) is 3.69. The zero-order valence-corrected chi connectivity index (χ0v) is 15.7. The number of amides is 2. The number of hydrogen-bond donors (Lipinski definition) is 2. The number of thioether (sulfide) groups is 1. The molecule has 1 aromatic heterocycles. The van der Waals surface area contributed by atoms with Crippen molar-refractivity contribution in [3.63, 3.8) is 0 Å². The fraction of sp³-hybridized carbons (Fsp3) is 0.375. The van der Waals surface area contributed by atoms with Gasteiger partial charge in [0.25, 0.3) is 5.91 Å². The first-order valence-corrected chi connectivity index (χ1v) is 9.93. The molecule has 0 radical (unpaired) electrons. The Kier molecular flexibility index (Phi) is 6.69. The minimum atomic E-state index is -0.963. The summed E-state index contributed by atoms with van der Waals surface area (Å²) in [5.74, 6) is -2.90. The van der Waals surface area contributed by atoms with E-state index in [0.29, 0.717) is 10.9 Å². The van der Waals surface area contributed by atoms with Gasteiger partial charge >= 0.3 is 0 Å². The highest BCUT2D eigenvalue weighted by Crippen LogP contribution is 2.26. The second kappa shape index (κ2) is 9.20. The molecule has 2 aromatic rings. The van der Waals surface area contributed by atoms with Crippen LogP contribution in [0, 0.1) is 11.6 Å². The largest absolute Gasteiger partial charge is 0.376 e. The van der Waals surface area contributed by atoms with Gasteiger partial charge < -0.3 is 10.1 Å². The van der Waals surface area contributed by atoms with E-state index in [-0.39, 0.29) is 22.9 Å². The summed E-state index contributed by atoms with van der Waals surface area (Å²) >= 11 is 2.17. The van der Waals surface area contributed by atoms with Gasteiger partial charge in [0.05, 0.1) is 11.9 Å². The van der Waals surface area contributed by atoms with Crippen LogP contribution in [0.4, 0.5) is 13.9 Å². The van der Waals surface area contributed by atoms with E-state index in [9.17, 15) is 18.4 Å². The number of rotatable bonds is 7. The number of carbonyl (C=O) groups is 2. The van der Waals surface area contributed by atoms with Crippen LogP contribution in [-0.2, 0) is 9.53 Å². The molecule has 0 spiro atoms. The van der Waals surface area contributed by atoms with Gasteiger partial charge in [-0.25, -0.2) is 8.78 Å². The third kappa shape index (κ3) is 5.44. The van der Waals surface area contributed by atoms with Gasteiger partial charge in [-0.2, -0.15) is 0 Å². The average molecular weight is 414 g/mol. The fourth-order valence-corrected chi connectivity index (χ4v) is 3.98. The molecule has 1 aliphatic rings. The maximum atomic E-state index is 13.6. The van der Waals surface area contributed by atoms with Crippen LogP contribution in [0.5, 0.6) is 0 Å². The Labute approximate surface area is 161 Å². The van der Waals surface area contributed by atoms with Gasteiger partial charge in [-0.1, -0.05) is 29.2 Å². The molecular weight excluding hydrogens is 398 g/mol. The highest BCUT2D eigenvalue weighted by atomic mass is 32.2. The first-order chi connectivity index (χ1) is 13.0. The van der Waals surface area contributed by atoms with Crippen LogP contribution in [-0.4, -0.2) is 47.0 Å². The molecule has 1 fully saturated rings. The molecule has 0 unspecified atom stereocenters. The van der Waals surface area contributed by atoms with Crippen molar-refractivity contribution in [3.8, 4) is 0 Å². The molecule has 1 aromatic carbocycles. The Morgan fingerprint density at radius 1 is 1.30 bits per heavy atom. The standard InChI is InChI=1S/C16H16F2N4O3S2/c17-10-4-1-5-11(18)13(10)14(24)20-15-21-22-16(27-15)26-8-12(23)19-7-9-3-2-6-25-9/h1,4-5,9H,2-3,6-8H2,(H,19,23)(H,20,21,24)/t9-/m1/s1. The molecule has 144 valence electrons. The van der Waals surface area contributed by atoms with E-state index in [2.05, 4.69) is 20.8 Å². The summed E-state index contributed by atoms with van der Waals surface area (Å²) in [7, 11) is 0. The Bertz CT molecular complexity index is 807. The van der Waals surface area contributed by atoms with Gasteiger partial charge in [0.2, 0.25) is 11.0 Å². The summed E-state index contributed by atoms with van der Waals surface area (Å²) < 4.78 is 33.1. The highest BCUT2D eigenvalue weighted by Gasteiger charge is 2.19. The molecule has 7 nitrogen and oxygen atoms in total. The summed E-state index contributed by atoms with van der Waals surface area (Å²) in [4.78, 5) is 23.8. The van der Waals surface area contributed by atoms with Crippen molar-refractivity contribution < 1.29 is 23.1 Å². The Morgan fingerprint density at radius 3 is 2.78 bits per heavy atom. The quantitative estimate of drug-likeness (QED) is 0.534. The van der Waals surface area contributed by atoms with Crippen molar-refractivity contribution in [1.29, 1.82) is 0 Å². The second-order valence-corrected chi connectivity index (χ2v) is 7.85. The number of aromatic nitrogens is 2. The molecule has 11 heteroatoms. The van der Waals surface area contributed by atoms with E-state index < -0.39 is 23.1 Å². The molecule has 1 atom stereocenters. The number of nitrogens with zero attached hydrogens (tertiary/aromatic N) is 2. The molecule has 27 heavy (non-hydrogen) atoms. The number of ether oxygens (including phenoxy) is 1. The zero-order valence-electron chi connectivity index (χ0n) is 14.0. The summed E-state index contributed by atoms with van der Waals surface area (Å²) in [6.45, 7) is 1.20. The molecule has 2 heterocycles. The van der Waals surface area contributed by atoms with E-state index in [4.69, 9.17) is 4.74 Å². The minimum absolute atomic E-state index is 0.0704. The number of anilines is 1.